The Morgan fingerprint density at radius 2 is 1.71 bits per heavy atom. The van der Waals surface area contributed by atoms with Crippen molar-refractivity contribution in [2.45, 2.75) is 90.0 Å². The van der Waals surface area contributed by atoms with Crippen LogP contribution in [-0.4, -0.2) is 29.6 Å². The van der Waals surface area contributed by atoms with E-state index in [0.717, 1.165) is 24.4 Å². The van der Waals surface area contributed by atoms with Gasteiger partial charge in [-0.1, -0.05) is 57.5 Å². The SMILES string of the molecule is CCCC(OC1C[C@H]2CC[C@@H](C1)N2CCC(C)C)c1ccccc1. The number of benzene rings is 1. The smallest absolute Gasteiger partial charge is 0.0828 e. The van der Waals surface area contributed by atoms with E-state index in [1.54, 1.807) is 0 Å². The van der Waals surface area contributed by atoms with E-state index in [4.69, 9.17) is 4.74 Å². The molecule has 2 nitrogen and oxygen atoms in total. The molecule has 1 aromatic rings. The fourth-order valence-electron chi connectivity index (χ4n) is 4.58. The van der Waals surface area contributed by atoms with Crippen molar-refractivity contribution in [2.75, 3.05) is 6.54 Å². The maximum atomic E-state index is 6.65. The van der Waals surface area contributed by atoms with E-state index in [9.17, 15) is 0 Å². The molecule has 0 radical (unpaired) electrons. The lowest BCUT2D eigenvalue weighted by Gasteiger charge is -2.40. The van der Waals surface area contributed by atoms with Gasteiger partial charge in [0.25, 0.3) is 0 Å². The first kappa shape index (κ1) is 17.9. The van der Waals surface area contributed by atoms with Crippen LogP contribution < -0.4 is 0 Å². The molecule has 2 saturated heterocycles. The molecule has 0 aliphatic carbocycles. The van der Waals surface area contributed by atoms with Crippen LogP contribution in [0.5, 0.6) is 0 Å². The zero-order chi connectivity index (χ0) is 16.9. The van der Waals surface area contributed by atoms with E-state index in [0.29, 0.717) is 6.10 Å². The third-order valence-electron chi connectivity index (χ3n) is 5.88. The summed E-state index contributed by atoms with van der Waals surface area (Å²) in [7, 11) is 0. The van der Waals surface area contributed by atoms with Gasteiger partial charge in [0, 0.05) is 12.1 Å². The van der Waals surface area contributed by atoms with Crippen LogP contribution in [0.15, 0.2) is 30.3 Å². The van der Waals surface area contributed by atoms with Crippen LogP contribution in [0.2, 0.25) is 0 Å². The average Bonchev–Trinajstić information content (AvgIpc) is 2.82. The summed E-state index contributed by atoms with van der Waals surface area (Å²) in [5, 5.41) is 0. The highest BCUT2D eigenvalue weighted by atomic mass is 16.5. The van der Waals surface area contributed by atoms with Gasteiger partial charge in [0.05, 0.1) is 12.2 Å². The van der Waals surface area contributed by atoms with Crippen LogP contribution in [0.25, 0.3) is 0 Å². The van der Waals surface area contributed by atoms with Crippen molar-refractivity contribution in [3.8, 4) is 0 Å². The number of fused-ring (bicyclic) bond motifs is 2. The van der Waals surface area contributed by atoms with Crippen LogP contribution in [0.4, 0.5) is 0 Å². The molecule has 2 heteroatoms. The molecule has 24 heavy (non-hydrogen) atoms. The maximum Gasteiger partial charge on any atom is 0.0828 e. The highest BCUT2D eigenvalue weighted by Gasteiger charge is 2.41. The minimum Gasteiger partial charge on any atom is -0.370 e. The Bertz CT molecular complexity index is 472. The number of rotatable bonds is 8. The summed E-state index contributed by atoms with van der Waals surface area (Å²) in [6, 6.07) is 12.4. The van der Waals surface area contributed by atoms with Crippen molar-refractivity contribution in [1.82, 2.24) is 4.90 Å². The van der Waals surface area contributed by atoms with Crippen molar-refractivity contribution >= 4 is 0 Å². The molecule has 0 amide bonds. The van der Waals surface area contributed by atoms with Gasteiger partial charge in [-0.25, -0.2) is 0 Å². The van der Waals surface area contributed by atoms with Gasteiger partial charge >= 0.3 is 0 Å². The first-order chi connectivity index (χ1) is 11.7. The van der Waals surface area contributed by atoms with Gasteiger partial charge in [0.15, 0.2) is 0 Å². The van der Waals surface area contributed by atoms with Crippen LogP contribution in [-0.2, 0) is 4.74 Å². The molecule has 134 valence electrons. The summed E-state index contributed by atoms with van der Waals surface area (Å²) in [4.78, 5) is 2.80. The Balaban J connectivity index is 1.59. The molecule has 0 aromatic heterocycles. The molecular formula is C22H35NO. The van der Waals surface area contributed by atoms with Crippen molar-refractivity contribution < 1.29 is 4.74 Å². The molecule has 0 N–H and O–H groups in total. The topological polar surface area (TPSA) is 12.5 Å². The van der Waals surface area contributed by atoms with Gasteiger partial charge < -0.3 is 4.74 Å². The normalized spacial score (nSPS) is 28.4. The van der Waals surface area contributed by atoms with Crippen molar-refractivity contribution in [3.05, 3.63) is 35.9 Å². The highest BCUT2D eigenvalue weighted by molar-refractivity contribution is 5.17. The Labute approximate surface area is 148 Å². The molecule has 1 aromatic carbocycles. The van der Waals surface area contributed by atoms with E-state index >= 15 is 0 Å². The van der Waals surface area contributed by atoms with E-state index in [2.05, 4.69) is 56.0 Å². The molecule has 4 atom stereocenters. The van der Waals surface area contributed by atoms with Gasteiger partial charge in [0.2, 0.25) is 0 Å². The first-order valence-electron chi connectivity index (χ1n) is 10.1. The molecule has 2 unspecified atom stereocenters. The third-order valence-corrected chi connectivity index (χ3v) is 5.88. The largest absolute Gasteiger partial charge is 0.370 e. The summed E-state index contributed by atoms with van der Waals surface area (Å²) >= 11 is 0. The van der Waals surface area contributed by atoms with Crippen LogP contribution in [0.3, 0.4) is 0 Å². The zero-order valence-electron chi connectivity index (χ0n) is 15.8. The number of hydrogen-bond acceptors (Lipinski definition) is 2. The Kier molecular flexibility index (Phi) is 6.35. The first-order valence-corrected chi connectivity index (χ1v) is 10.1. The number of ether oxygens (including phenoxy) is 1. The predicted molar refractivity (Wildman–Crippen MR) is 101 cm³/mol. The summed E-state index contributed by atoms with van der Waals surface area (Å²) in [5.74, 6) is 0.811. The van der Waals surface area contributed by atoms with Gasteiger partial charge in [-0.05, 0) is 56.6 Å². The second-order valence-corrected chi connectivity index (χ2v) is 8.22. The quantitative estimate of drug-likeness (QED) is 0.617. The van der Waals surface area contributed by atoms with Crippen molar-refractivity contribution in [2.24, 2.45) is 5.92 Å². The van der Waals surface area contributed by atoms with Gasteiger partial charge in [-0.15, -0.1) is 0 Å². The van der Waals surface area contributed by atoms with E-state index in [-0.39, 0.29) is 6.10 Å². The molecular weight excluding hydrogens is 294 g/mol. The lowest BCUT2D eigenvalue weighted by Crippen LogP contribution is -2.46. The van der Waals surface area contributed by atoms with Crippen molar-refractivity contribution in [1.29, 1.82) is 0 Å². The lowest BCUT2D eigenvalue weighted by atomic mass is 9.97. The number of hydrogen-bond donors (Lipinski definition) is 0. The fourth-order valence-corrected chi connectivity index (χ4v) is 4.58. The van der Waals surface area contributed by atoms with Gasteiger partial charge in [-0.3, -0.25) is 4.90 Å². The van der Waals surface area contributed by atoms with Crippen LogP contribution in [0.1, 0.15) is 77.4 Å². The molecule has 2 heterocycles. The van der Waals surface area contributed by atoms with Gasteiger partial charge in [0.1, 0.15) is 0 Å². The predicted octanol–water partition coefficient (Wildman–Crippen LogP) is 5.59. The fraction of sp³-hybridized carbons (Fsp3) is 0.727. The molecule has 0 saturated carbocycles. The van der Waals surface area contributed by atoms with E-state index < -0.39 is 0 Å². The molecule has 2 aliphatic rings. The van der Waals surface area contributed by atoms with E-state index in [1.165, 1.54) is 50.6 Å². The maximum absolute atomic E-state index is 6.65. The highest BCUT2D eigenvalue weighted by Crippen LogP contribution is 2.39. The second-order valence-electron chi connectivity index (χ2n) is 8.22. The summed E-state index contributed by atoms with van der Waals surface area (Å²) in [6.07, 6.45) is 9.62. The average molecular weight is 330 g/mol. The zero-order valence-corrected chi connectivity index (χ0v) is 15.8. The standard InChI is InChI=1S/C22H35NO/c1-4-8-22(18-9-6-5-7-10-18)24-21-15-19-11-12-20(16-21)23(19)14-13-17(2)3/h5-7,9-10,17,19-22H,4,8,11-16H2,1-3H3/t19-,20+,21?,22?. The molecule has 2 aliphatic heterocycles. The summed E-state index contributed by atoms with van der Waals surface area (Å²) in [5.41, 5.74) is 1.36. The molecule has 3 rings (SSSR count). The summed E-state index contributed by atoms with van der Waals surface area (Å²) < 4.78 is 6.65. The molecule has 2 bridgehead atoms. The minimum atomic E-state index is 0.280. The Morgan fingerprint density at radius 1 is 1.04 bits per heavy atom. The minimum absolute atomic E-state index is 0.280. The van der Waals surface area contributed by atoms with Crippen molar-refractivity contribution in [3.63, 3.8) is 0 Å². The number of piperidine rings is 1. The number of nitrogens with zero attached hydrogens (tertiary/aromatic N) is 1. The second kappa shape index (κ2) is 8.49. The molecule has 2 fully saturated rings. The van der Waals surface area contributed by atoms with Crippen LogP contribution in [0, 0.1) is 5.92 Å². The monoisotopic (exact) mass is 329 g/mol. The van der Waals surface area contributed by atoms with Crippen LogP contribution >= 0.6 is 0 Å². The third kappa shape index (κ3) is 4.40. The Hall–Kier alpha value is -0.860. The lowest BCUT2D eigenvalue weighted by molar-refractivity contribution is -0.0659. The van der Waals surface area contributed by atoms with E-state index in [1.807, 2.05) is 0 Å². The molecule has 0 spiro atoms. The summed E-state index contributed by atoms with van der Waals surface area (Å²) in [6.45, 7) is 8.23. The Morgan fingerprint density at radius 3 is 2.29 bits per heavy atom. The van der Waals surface area contributed by atoms with Gasteiger partial charge in [-0.2, -0.15) is 0 Å².